The molecular formula is C10H14O6. The molecule has 0 heterocycles. The Morgan fingerprint density at radius 2 is 2.06 bits per heavy atom. The van der Waals surface area contributed by atoms with Gasteiger partial charge in [-0.05, 0) is 6.42 Å². The van der Waals surface area contributed by atoms with Crippen LogP contribution < -0.4 is 0 Å². The zero-order valence-electron chi connectivity index (χ0n) is 8.97. The normalized spacial score (nSPS) is 11.3. The smallest absolute Gasteiger partial charge is 0.320 e. The highest BCUT2D eigenvalue weighted by Crippen LogP contribution is 2.09. The van der Waals surface area contributed by atoms with E-state index in [0.717, 1.165) is 7.11 Å². The molecule has 0 saturated heterocycles. The first-order chi connectivity index (χ1) is 7.52. The molecule has 0 saturated carbocycles. The molecule has 90 valence electrons. The number of ether oxygens (including phenoxy) is 2. The lowest BCUT2D eigenvalue weighted by molar-refractivity contribution is -0.157. The molecule has 0 amide bonds. The van der Waals surface area contributed by atoms with Crippen molar-refractivity contribution in [2.45, 2.75) is 12.8 Å². The first kappa shape index (κ1) is 14.2. The zero-order valence-corrected chi connectivity index (χ0v) is 8.97. The summed E-state index contributed by atoms with van der Waals surface area (Å²) in [6.45, 7) is 3.42. The molecule has 0 bridgehead atoms. The van der Waals surface area contributed by atoms with Crippen LogP contribution in [0.15, 0.2) is 12.7 Å². The Labute approximate surface area is 92.8 Å². The molecule has 6 nitrogen and oxygen atoms in total. The fourth-order valence-corrected chi connectivity index (χ4v) is 0.971. The topological polar surface area (TPSA) is 89.9 Å². The molecule has 0 fully saturated rings. The van der Waals surface area contributed by atoms with Gasteiger partial charge in [-0.3, -0.25) is 14.4 Å². The second-order valence-electron chi connectivity index (χ2n) is 2.92. The second-order valence-corrected chi connectivity index (χ2v) is 2.92. The first-order valence-electron chi connectivity index (χ1n) is 4.60. The van der Waals surface area contributed by atoms with Gasteiger partial charge in [-0.25, -0.2) is 0 Å². The van der Waals surface area contributed by atoms with Gasteiger partial charge >= 0.3 is 17.9 Å². The van der Waals surface area contributed by atoms with Crippen LogP contribution in [0.1, 0.15) is 12.8 Å². The number of carbonyl (C=O) groups is 3. The predicted molar refractivity (Wildman–Crippen MR) is 53.5 cm³/mol. The van der Waals surface area contributed by atoms with Crippen molar-refractivity contribution >= 4 is 17.9 Å². The van der Waals surface area contributed by atoms with E-state index in [-0.39, 0.29) is 19.4 Å². The highest BCUT2D eigenvalue weighted by atomic mass is 16.5. The van der Waals surface area contributed by atoms with E-state index in [2.05, 4.69) is 16.1 Å². The van der Waals surface area contributed by atoms with E-state index in [1.165, 1.54) is 6.08 Å². The van der Waals surface area contributed by atoms with E-state index in [1.54, 1.807) is 0 Å². The van der Waals surface area contributed by atoms with E-state index in [1.807, 2.05) is 0 Å². The van der Waals surface area contributed by atoms with Crippen LogP contribution in [0.5, 0.6) is 0 Å². The maximum absolute atomic E-state index is 11.0. The quantitative estimate of drug-likeness (QED) is 0.386. The number of esters is 2. The van der Waals surface area contributed by atoms with Gasteiger partial charge in [-0.2, -0.15) is 0 Å². The average Bonchev–Trinajstić information content (AvgIpc) is 2.25. The van der Waals surface area contributed by atoms with Gasteiger partial charge in [-0.1, -0.05) is 12.7 Å². The van der Waals surface area contributed by atoms with Crippen LogP contribution in [0.4, 0.5) is 0 Å². The van der Waals surface area contributed by atoms with Gasteiger partial charge in [-0.15, -0.1) is 0 Å². The Morgan fingerprint density at radius 1 is 1.44 bits per heavy atom. The Morgan fingerprint density at radius 3 is 2.50 bits per heavy atom. The van der Waals surface area contributed by atoms with Crippen molar-refractivity contribution in [1.29, 1.82) is 0 Å². The van der Waals surface area contributed by atoms with Crippen molar-refractivity contribution in [2.75, 3.05) is 13.7 Å². The van der Waals surface area contributed by atoms with Crippen LogP contribution in [-0.4, -0.2) is 36.7 Å². The number of carbonyl (C=O) groups excluding carboxylic acids is 2. The Hall–Kier alpha value is -1.85. The summed E-state index contributed by atoms with van der Waals surface area (Å²) in [6.07, 6.45) is 1.10. The van der Waals surface area contributed by atoms with E-state index < -0.39 is 23.8 Å². The Kier molecular flexibility index (Phi) is 6.58. The van der Waals surface area contributed by atoms with Crippen LogP contribution in [0.25, 0.3) is 0 Å². The number of carboxylic acid groups (broad SMARTS) is 1. The highest BCUT2D eigenvalue weighted by Gasteiger charge is 2.27. The summed E-state index contributed by atoms with van der Waals surface area (Å²) in [7, 11) is 1.09. The van der Waals surface area contributed by atoms with Crippen LogP contribution in [-0.2, 0) is 23.9 Å². The van der Waals surface area contributed by atoms with Crippen LogP contribution in [0.2, 0.25) is 0 Å². The molecule has 0 radical (unpaired) electrons. The van der Waals surface area contributed by atoms with Crippen molar-refractivity contribution in [3.05, 3.63) is 12.7 Å². The van der Waals surface area contributed by atoms with Crippen LogP contribution >= 0.6 is 0 Å². The van der Waals surface area contributed by atoms with Crippen molar-refractivity contribution < 1.29 is 29.0 Å². The number of hydrogen-bond donors (Lipinski definition) is 1. The summed E-state index contributed by atoms with van der Waals surface area (Å²) in [4.78, 5) is 32.7. The second kappa shape index (κ2) is 7.44. The highest BCUT2D eigenvalue weighted by molar-refractivity contribution is 5.94. The molecular weight excluding hydrogens is 216 g/mol. The Balaban J connectivity index is 4.12. The molecule has 1 unspecified atom stereocenters. The number of aliphatic carboxylic acids is 1. The lowest BCUT2D eigenvalue weighted by atomic mass is 10.0. The summed E-state index contributed by atoms with van der Waals surface area (Å²) in [5, 5.41) is 8.69. The van der Waals surface area contributed by atoms with E-state index in [9.17, 15) is 14.4 Å². The fraction of sp³-hybridized carbons (Fsp3) is 0.500. The lowest BCUT2D eigenvalue weighted by Crippen LogP contribution is -2.26. The van der Waals surface area contributed by atoms with Gasteiger partial charge < -0.3 is 14.6 Å². The van der Waals surface area contributed by atoms with Gasteiger partial charge in [0.05, 0.1) is 7.11 Å². The molecule has 0 rings (SSSR count). The first-order valence-corrected chi connectivity index (χ1v) is 4.60. The molecule has 1 N–H and O–H groups in total. The number of methoxy groups -OCH3 is 1. The maximum atomic E-state index is 11.0. The minimum absolute atomic E-state index is 0.0643. The van der Waals surface area contributed by atoms with Crippen LogP contribution in [0.3, 0.4) is 0 Å². The van der Waals surface area contributed by atoms with E-state index >= 15 is 0 Å². The van der Waals surface area contributed by atoms with Crippen molar-refractivity contribution in [1.82, 2.24) is 0 Å². The van der Waals surface area contributed by atoms with Gasteiger partial charge in [0.15, 0.2) is 5.92 Å². The minimum atomic E-state index is -1.33. The third kappa shape index (κ3) is 5.14. The molecule has 0 aliphatic carbocycles. The summed E-state index contributed by atoms with van der Waals surface area (Å²) < 4.78 is 8.93. The summed E-state index contributed by atoms with van der Waals surface area (Å²) >= 11 is 0. The standard InChI is InChI=1S/C10H14O6/c1-3-6-16-8(11)5-4-7(9(12)13)10(14)15-2/h3,7H,1,4-6H2,2H3,(H,12,13). The third-order valence-corrected chi connectivity index (χ3v) is 1.78. The summed E-state index contributed by atoms with van der Waals surface area (Å²) in [5.74, 6) is -4.09. The van der Waals surface area contributed by atoms with E-state index in [0.29, 0.717) is 0 Å². The molecule has 6 heteroatoms. The van der Waals surface area contributed by atoms with Gasteiger partial charge in [0, 0.05) is 6.42 Å². The van der Waals surface area contributed by atoms with Gasteiger partial charge in [0.25, 0.3) is 0 Å². The third-order valence-electron chi connectivity index (χ3n) is 1.78. The maximum Gasteiger partial charge on any atom is 0.320 e. The van der Waals surface area contributed by atoms with Crippen molar-refractivity contribution in [3.8, 4) is 0 Å². The van der Waals surface area contributed by atoms with E-state index in [4.69, 9.17) is 5.11 Å². The Bertz CT molecular complexity index is 283. The van der Waals surface area contributed by atoms with Gasteiger partial charge in [0.2, 0.25) is 0 Å². The predicted octanol–water partition coefficient (Wildman–Crippen LogP) is 0.370. The minimum Gasteiger partial charge on any atom is -0.481 e. The van der Waals surface area contributed by atoms with Crippen molar-refractivity contribution in [2.24, 2.45) is 5.92 Å². The number of hydrogen-bond acceptors (Lipinski definition) is 5. The van der Waals surface area contributed by atoms with Crippen LogP contribution in [0, 0.1) is 5.92 Å². The van der Waals surface area contributed by atoms with Crippen molar-refractivity contribution in [3.63, 3.8) is 0 Å². The number of rotatable bonds is 7. The SMILES string of the molecule is C=CCOC(=O)CCC(C(=O)O)C(=O)OC. The zero-order chi connectivity index (χ0) is 12.6. The monoisotopic (exact) mass is 230 g/mol. The molecule has 0 aliphatic rings. The summed E-state index contributed by atoms with van der Waals surface area (Å²) in [5.41, 5.74) is 0. The van der Waals surface area contributed by atoms with Gasteiger partial charge in [0.1, 0.15) is 6.61 Å². The molecule has 16 heavy (non-hydrogen) atoms. The summed E-state index contributed by atoms with van der Waals surface area (Å²) in [6, 6.07) is 0. The molecule has 0 aromatic rings. The molecule has 1 atom stereocenters. The molecule has 0 aromatic carbocycles. The fourth-order valence-electron chi connectivity index (χ4n) is 0.971. The largest absolute Gasteiger partial charge is 0.481 e. The lowest BCUT2D eigenvalue weighted by Gasteiger charge is -2.08. The number of carboxylic acids is 1. The molecule has 0 aliphatic heterocycles. The average molecular weight is 230 g/mol. The molecule has 0 aromatic heterocycles. The molecule has 0 spiro atoms.